The van der Waals surface area contributed by atoms with Crippen molar-refractivity contribution in [2.24, 2.45) is 0 Å². The number of aryl methyl sites for hydroxylation is 1. The molecule has 2 rings (SSSR count). The van der Waals surface area contributed by atoms with Crippen LogP contribution in [0.4, 0.5) is 11.4 Å². The van der Waals surface area contributed by atoms with Crippen LogP contribution in [0.15, 0.2) is 48.5 Å². The van der Waals surface area contributed by atoms with E-state index in [4.69, 9.17) is 10.5 Å². The Labute approximate surface area is 124 Å². The molecule has 0 bridgehead atoms. The average Bonchev–Trinajstić information content (AvgIpc) is 2.50. The first kappa shape index (κ1) is 14.9. The predicted molar refractivity (Wildman–Crippen MR) is 85.4 cm³/mol. The van der Waals surface area contributed by atoms with Gasteiger partial charge in [-0.2, -0.15) is 0 Å². The second-order valence-corrected chi connectivity index (χ2v) is 4.84. The molecule has 0 radical (unpaired) electrons. The van der Waals surface area contributed by atoms with Crippen LogP contribution in [0.25, 0.3) is 0 Å². The van der Waals surface area contributed by atoms with Crippen LogP contribution >= 0.6 is 0 Å². The summed E-state index contributed by atoms with van der Waals surface area (Å²) >= 11 is 0. The van der Waals surface area contributed by atoms with Crippen molar-refractivity contribution in [2.75, 3.05) is 11.1 Å². The van der Waals surface area contributed by atoms with Gasteiger partial charge in [-0.3, -0.25) is 4.79 Å². The molecule has 2 aromatic rings. The number of amides is 1. The highest BCUT2D eigenvalue weighted by Gasteiger charge is 2.15. The summed E-state index contributed by atoms with van der Waals surface area (Å²) in [4.78, 5) is 12.1. The lowest BCUT2D eigenvalue weighted by Gasteiger charge is -2.16. The van der Waals surface area contributed by atoms with E-state index in [-0.39, 0.29) is 5.91 Å². The van der Waals surface area contributed by atoms with Crippen LogP contribution in [-0.2, 0) is 11.2 Å². The monoisotopic (exact) mass is 284 g/mol. The molecule has 0 aliphatic rings. The molecular formula is C17H20N2O2. The maximum atomic E-state index is 12.1. The van der Waals surface area contributed by atoms with Gasteiger partial charge in [-0.1, -0.05) is 31.2 Å². The summed E-state index contributed by atoms with van der Waals surface area (Å²) in [5, 5.41) is 2.83. The number of para-hydroxylation sites is 2. The van der Waals surface area contributed by atoms with Gasteiger partial charge in [-0.25, -0.2) is 0 Å². The Morgan fingerprint density at radius 1 is 1.19 bits per heavy atom. The third-order valence-electron chi connectivity index (χ3n) is 3.22. The van der Waals surface area contributed by atoms with Gasteiger partial charge in [0, 0.05) is 5.69 Å². The number of rotatable bonds is 5. The van der Waals surface area contributed by atoms with Crippen LogP contribution in [0.2, 0.25) is 0 Å². The largest absolute Gasteiger partial charge is 0.479 e. The number of nitrogens with one attached hydrogen (secondary N) is 1. The Kier molecular flexibility index (Phi) is 4.82. The number of nitrogens with two attached hydrogens (primary N) is 1. The van der Waals surface area contributed by atoms with Crippen molar-refractivity contribution in [2.45, 2.75) is 26.4 Å². The van der Waals surface area contributed by atoms with E-state index in [1.807, 2.05) is 36.4 Å². The molecule has 0 aromatic heterocycles. The van der Waals surface area contributed by atoms with Crippen molar-refractivity contribution >= 4 is 17.3 Å². The molecular weight excluding hydrogens is 264 g/mol. The van der Waals surface area contributed by atoms with Crippen LogP contribution in [0, 0.1) is 0 Å². The van der Waals surface area contributed by atoms with Crippen molar-refractivity contribution < 1.29 is 9.53 Å². The molecule has 4 nitrogen and oxygen atoms in total. The van der Waals surface area contributed by atoms with Crippen molar-refractivity contribution in [3.63, 3.8) is 0 Å². The number of nitrogen functional groups attached to an aromatic ring is 1. The van der Waals surface area contributed by atoms with Crippen molar-refractivity contribution in [1.82, 2.24) is 0 Å². The normalized spacial score (nSPS) is 11.7. The zero-order valence-corrected chi connectivity index (χ0v) is 12.3. The lowest BCUT2D eigenvalue weighted by atomic mass is 10.1. The minimum atomic E-state index is -0.624. The molecule has 0 saturated heterocycles. The summed E-state index contributed by atoms with van der Waals surface area (Å²) in [6, 6.07) is 14.9. The lowest BCUT2D eigenvalue weighted by Crippen LogP contribution is -2.30. The average molecular weight is 284 g/mol. The van der Waals surface area contributed by atoms with Crippen LogP contribution in [0.1, 0.15) is 19.4 Å². The van der Waals surface area contributed by atoms with Gasteiger partial charge >= 0.3 is 0 Å². The molecule has 3 N–H and O–H groups in total. The molecule has 1 atom stereocenters. The smallest absolute Gasteiger partial charge is 0.265 e. The first-order valence-electron chi connectivity index (χ1n) is 7.01. The number of benzene rings is 2. The van der Waals surface area contributed by atoms with Crippen molar-refractivity contribution in [3.05, 3.63) is 54.1 Å². The van der Waals surface area contributed by atoms with E-state index in [0.717, 1.165) is 12.1 Å². The molecule has 0 heterocycles. The number of carbonyl (C=O) groups excluding carboxylic acids is 1. The third-order valence-corrected chi connectivity index (χ3v) is 3.22. The van der Waals surface area contributed by atoms with Gasteiger partial charge < -0.3 is 15.8 Å². The molecule has 1 unspecified atom stereocenters. The standard InChI is InChI=1S/C17H20N2O2/c1-3-13-8-10-14(11-9-13)19-17(20)12(2)21-16-7-5-4-6-15(16)18/h4-12H,3,18H2,1-2H3,(H,19,20). The summed E-state index contributed by atoms with van der Waals surface area (Å²) < 4.78 is 5.59. The number of carbonyl (C=O) groups is 1. The van der Waals surface area contributed by atoms with Gasteiger partial charge in [0.05, 0.1) is 5.69 Å². The Morgan fingerprint density at radius 2 is 1.86 bits per heavy atom. The van der Waals surface area contributed by atoms with Gasteiger partial charge in [-0.05, 0) is 43.2 Å². The molecule has 4 heteroatoms. The first-order chi connectivity index (χ1) is 10.1. The van der Waals surface area contributed by atoms with Crippen LogP contribution < -0.4 is 15.8 Å². The summed E-state index contributed by atoms with van der Waals surface area (Å²) in [5.74, 6) is 0.309. The molecule has 2 aromatic carbocycles. The minimum absolute atomic E-state index is 0.206. The van der Waals surface area contributed by atoms with Gasteiger partial charge in [0.15, 0.2) is 6.10 Å². The highest BCUT2D eigenvalue weighted by atomic mass is 16.5. The Morgan fingerprint density at radius 3 is 2.48 bits per heavy atom. The molecule has 110 valence electrons. The van der Waals surface area contributed by atoms with Crippen molar-refractivity contribution in [3.8, 4) is 5.75 Å². The van der Waals surface area contributed by atoms with E-state index in [1.165, 1.54) is 5.56 Å². The second-order valence-electron chi connectivity index (χ2n) is 4.84. The number of hydrogen-bond acceptors (Lipinski definition) is 3. The van der Waals surface area contributed by atoms with Gasteiger partial charge in [0.2, 0.25) is 0 Å². The van der Waals surface area contributed by atoms with Crippen LogP contribution in [0.5, 0.6) is 5.75 Å². The molecule has 0 fully saturated rings. The highest BCUT2D eigenvalue weighted by Crippen LogP contribution is 2.21. The quantitative estimate of drug-likeness (QED) is 0.828. The van der Waals surface area contributed by atoms with Crippen molar-refractivity contribution in [1.29, 1.82) is 0 Å². The van der Waals surface area contributed by atoms with Gasteiger partial charge in [-0.15, -0.1) is 0 Å². The summed E-state index contributed by atoms with van der Waals surface area (Å²) in [7, 11) is 0. The van der Waals surface area contributed by atoms with E-state index in [2.05, 4.69) is 12.2 Å². The predicted octanol–water partition coefficient (Wildman–Crippen LogP) is 3.24. The first-order valence-corrected chi connectivity index (χ1v) is 7.01. The fraction of sp³-hybridized carbons (Fsp3) is 0.235. The molecule has 0 saturated carbocycles. The fourth-order valence-corrected chi connectivity index (χ4v) is 1.90. The summed E-state index contributed by atoms with van der Waals surface area (Å²) in [5.41, 5.74) is 8.30. The number of anilines is 2. The van der Waals surface area contributed by atoms with Gasteiger partial charge in [0.25, 0.3) is 5.91 Å². The fourth-order valence-electron chi connectivity index (χ4n) is 1.90. The summed E-state index contributed by atoms with van der Waals surface area (Å²) in [6.07, 6.45) is 0.349. The second kappa shape index (κ2) is 6.79. The maximum Gasteiger partial charge on any atom is 0.265 e. The van der Waals surface area contributed by atoms with E-state index in [1.54, 1.807) is 19.1 Å². The maximum absolute atomic E-state index is 12.1. The topological polar surface area (TPSA) is 64.3 Å². The third kappa shape index (κ3) is 3.99. The van der Waals surface area contributed by atoms with E-state index < -0.39 is 6.10 Å². The molecule has 1 amide bonds. The van der Waals surface area contributed by atoms with Crippen LogP contribution in [-0.4, -0.2) is 12.0 Å². The van der Waals surface area contributed by atoms with Gasteiger partial charge in [0.1, 0.15) is 5.75 Å². The Hall–Kier alpha value is -2.49. The van der Waals surface area contributed by atoms with Crippen LogP contribution in [0.3, 0.4) is 0 Å². The Bertz CT molecular complexity index is 608. The molecule has 21 heavy (non-hydrogen) atoms. The lowest BCUT2D eigenvalue weighted by molar-refractivity contribution is -0.122. The van der Waals surface area contributed by atoms with E-state index >= 15 is 0 Å². The Balaban J connectivity index is 1.97. The minimum Gasteiger partial charge on any atom is -0.479 e. The zero-order chi connectivity index (χ0) is 15.2. The highest BCUT2D eigenvalue weighted by molar-refractivity contribution is 5.94. The zero-order valence-electron chi connectivity index (χ0n) is 12.3. The number of ether oxygens (including phenoxy) is 1. The molecule has 0 spiro atoms. The summed E-state index contributed by atoms with van der Waals surface area (Å²) in [6.45, 7) is 3.79. The molecule has 0 aliphatic heterocycles. The van der Waals surface area contributed by atoms with E-state index in [0.29, 0.717) is 11.4 Å². The SMILES string of the molecule is CCc1ccc(NC(=O)C(C)Oc2ccccc2N)cc1. The number of hydrogen-bond donors (Lipinski definition) is 2. The van der Waals surface area contributed by atoms with E-state index in [9.17, 15) is 4.79 Å². The molecule has 0 aliphatic carbocycles.